The van der Waals surface area contributed by atoms with E-state index in [1.807, 2.05) is 11.9 Å². The first-order valence-corrected chi connectivity index (χ1v) is 8.55. The number of likely N-dealkylation sites (tertiary alicyclic amines) is 1. The molecule has 0 aliphatic carbocycles. The van der Waals surface area contributed by atoms with E-state index in [0.29, 0.717) is 39.2 Å². The van der Waals surface area contributed by atoms with E-state index in [1.165, 1.54) is 0 Å². The molecule has 1 N–H and O–H groups in total. The van der Waals surface area contributed by atoms with Gasteiger partial charge in [0.15, 0.2) is 0 Å². The molecular formula is C17H34N2O4. The van der Waals surface area contributed by atoms with Crippen LogP contribution in [0, 0.1) is 5.41 Å². The number of likely N-dealkylation sites (N-methyl/N-ethyl adjacent to an activating group) is 1. The predicted molar refractivity (Wildman–Crippen MR) is 90.4 cm³/mol. The van der Waals surface area contributed by atoms with Crippen molar-refractivity contribution in [3.05, 3.63) is 0 Å². The Labute approximate surface area is 140 Å². The van der Waals surface area contributed by atoms with Crippen molar-refractivity contribution in [2.24, 2.45) is 5.41 Å². The summed E-state index contributed by atoms with van der Waals surface area (Å²) in [5.74, 6) is 0.180. The van der Waals surface area contributed by atoms with Crippen LogP contribution in [0.4, 0.5) is 0 Å². The van der Waals surface area contributed by atoms with Crippen LogP contribution in [0.1, 0.15) is 33.1 Å². The van der Waals surface area contributed by atoms with Crippen molar-refractivity contribution >= 4 is 5.91 Å². The number of rotatable bonds is 9. The second-order valence-corrected chi connectivity index (χ2v) is 7.28. The van der Waals surface area contributed by atoms with Gasteiger partial charge in [-0.2, -0.15) is 0 Å². The zero-order valence-corrected chi connectivity index (χ0v) is 15.2. The van der Waals surface area contributed by atoms with Crippen LogP contribution in [0.5, 0.6) is 0 Å². The molecule has 0 aromatic carbocycles. The highest BCUT2D eigenvalue weighted by Gasteiger charge is 2.31. The van der Waals surface area contributed by atoms with Crippen LogP contribution in [0.15, 0.2) is 0 Å². The van der Waals surface area contributed by atoms with Crippen LogP contribution in [0.3, 0.4) is 0 Å². The van der Waals surface area contributed by atoms with E-state index in [2.05, 4.69) is 18.7 Å². The number of nitrogens with zero attached hydrogens (tertiary/aromatic N) is 2. The minimum Gasteiger partial charge on any atom is -0.393 e. The Balaban J connectivity index is 2.26. The molecule has 0 radical (unpaired) electrons. The lowest BCUT2D eigenvalue weighted by Gasteiger charge is -2.30. The van der Waals surface area contributed by atoms with Gasteiger partial charge in [0.05, 0.1) is 25.9 Å². The second kappa shape index (κ2) is 10.2. The highest BCUT2D eigenvalue weighted by atomic mass is 16.5. The molecule has 1 fully saturated rings. The Morgan fingerprint density at radius 1 is 1.30 bits per heavy atom. The smallest absolute Gasteiger partial charge is 0.223 e. The van der Waals surface area contributed by atoms with E-state index in [4.69, 9.17) is 9.47 Å². The van der Waals surface area contributed by atoms with Crippen molar-refractivity contribution in [3.63, 3.8) is 0 Å². The highest BCUT2D eigenvalue weighted by Crippen LogP contribution is 2.28. The van der Waals surface area contributed by atoms with E-state index < -0.39 is 0 Å². The van der Waals surface area contributed by atoms with Crippen LogP contribution < -0.4 is 0 Å². The van der Waals surface area contributed by atoms with Gasteiger partial charge in [0.2, 0.25) is 5.91 Å². The quantitative estimate of drug-likeness (QED) is 0.639. The first-order valence-electron chi connectivity index (χ1n) is 8.55. The third-order valence-corrected chi connectivity index (χ3v) is 4.25. The monoisotopic (exact) mass is 330 g/mol. The highest BCUT2D eigenvalue weighted by molar-refractivity contribution is 5.76. The lowest BCUT2D eigenvalue weighted by atomic mass is 9.87. The molecule has 0 aromatic heterocycles. The molecule has 1 unspecified atom stereocenters. The van der Waals surface area contributed by atoms with Gasteiger partial charge in [-0.1, -0.05) is 13.8 Å². The number of methoxy groups -OCH3 is 1. The van der Waals surface area contributed by atoms with Gasteiger partial charge < -0.3 is 24.4 Å². The molecule has 6 nitrogen and oxygen atoms in total. The number of hydrogen-bond acceptors (Lipinski definition) is 5. The van der Waals surface area contributed by atoms with E-state index in [1.54, 1.807) is 7.11 Å². The summed E-state index contributed by atoms with van der Waals surface area (Å²) in [6, 6.07) is 0. The molecule has 136 valence electrons. The maximum atomic E-state index is 12.4. The summed E-state index contributed by atoms with van der Waals surface area (Å²) in [7, 11) is 3.66. The maximum Gasteiger partial charge on any atom is 0.223 e. The standard InChI is InChI=1S/C17H34N2O4/c1-17(2)13-15(20)5-8-19(14-17)16(21)6-7-18(3)9-10-23-12-11-22-4/h15,20H,5-14H2,1-4H3. The van der Waals surface area contributed by atoms with E-state index in [-0.39, 0.29) is 17.4 Å². The van der Waals surface area contributed by atoms with Crippen molar-refractivity contribution in [2.45, 2.75) is 39.2 Å². The average Bonchev–Trinajstić information content (AvgIpc) is 2.61. The lowest BCUT2D eigenvalue weighted by Crippen LogP contribution is -2.39. The van der Waals surface area contributed by atoms with Crippen LogP contribution in [0.2, 0.25) is 0 Å². The minimum absolute atomic E-state index is 0.0212. The number of amides is 1. The first-order chi connectivity index (χ1) is 10.8. The summed E-state index contributed by atoms with van der Waals surface area (Å²) in [5.41, 5.74) is -0.0212. The van der Waals surface area contributed by atoms with Gasteiger partial charge in [0.1, 0.15) is 0 Å². The number of carbonyl (C=O) groups is 1. The molecule has 1 rings (SSSR count). The molecule has 1 atom stereocenters. The molecule has 0 bridgehead atoms. The van der Waals surface area contributed by atoms with Crippen molar-refractivity contribution in [1.82, 2.24) is 9.80 Å². The van der Waals surface area contributed by atoms with Crippen molar-refractivity contribution in [1.29, 1.82) is 0 Å². The third-order valence-electron chi connectivity index (χ3n) is 4.25. The van der Waals surface area contributed by atoms with Crippen LogP contribution >= 0.6 is 0 Å². The largest absolute Gasteiger partial charge is 0.393 e. The van der Waals surface area contributed by atoms with Crippen molar-refractivity contribution in [2.75, 3.05) is 60.2 Å². The number of aliphatic hydroxyl groups is 1. The Bertz CT molecular complexity index is 349. The van der Waals surface area contributed by atoms with Crippen molar-refractivity contribution in [3.8, 4) is 0 Å². The summed E-state index contributed by atoms with van der Waals surface area (Å²) in [6.07, 6.45) is 1.66. The normalized spacial score (nSPS) is 21.5. The molecule has 1 aliphatic heterocycles. The van der Waals surface area contributed by atoms with Crippen LogP contribution in [-0.4, -0.2) is 87.1 Å². The third kappa shape index (κ3) is 8.65. The number of hydrogen-bond donors (Lipinski definition) is 1. The average molecular weight is 330 g/mol. The summed E-state index contributed by atoms with van der Waals surface area (Å²) in [4.78, 5) is 16.5. The van der Waals surface area contributed by atoms with Gasteiger partial charge in [0.25, 0.3) is 0 Å². The Morgan fingerprint density at radius 3 is 2.74 bits per heavy atom. The molecule has 0 spiro atoms. The minimum atomic E-state index is -0.297. The zero-order valence-electron chi connectivity index (χ0n) is 15.2. The summed E-state index contributed by atoms with van der Waals surface area (Å²) < 4.78 is 10.4. The number of carbonyl (C=O) groups excluding carboxylic acids is 1. The molecule has 1 amide bonds. The molecule has 23 heavy (non-hydrogen) atoms. The van der Waals surface area contributed by atoms with Gasteiger partial charge >= 0.3 is 0 Å². The fourth-order valence-electron chi connectivity index (χ4n) is 2.94. The molecule has 1 aliphatic rings. The topological polar surface area (TPSA) is 62.2 Å². The molecule has 0 aromatic rings. The molecular weight excluding hydrogens is 296 g/mol. The molecule has 1 heterocycles. The van der Waals surface area contributed by atoms with Gasteiger partial charge in [0, 0.05) is 39.7 Å². The Kier molecular flexibility index (Phi) is 9.06. The van der Waals surface area contributed by atoms with Crippen molar-refractivity contribution < 1.29 is 19.4 Å². The zero-order chi connectivity index (χ0) is 17.3. The van der Waals surface area contributed by atoms with Gasteiger partial charge in [-0.25, -0.2) is 0 Å². The fraction of sp³-hybridized carbons (Fsp3) is 0.941. The number of ether oxygens (including phenoxy) is 2. The Hall–Kier alpha value is -0.690. The van der Waals surface area contributed by atoms with E-state index >= 15 is 0 Å². The summed E-state index contributed by atoms with van der Waals surface area (Å²) >= 11 is 0. The first kappa shape index (κ1) is 20.4. The van der Waals surface area contributed by atoms with Crippen LogP contribution in [0.25, 0.3) is 0 Å². The maximum absolute atomic E-state index is 12.4. The van der Waals surface area contributed by atoms with Gasteiger partial charge in [-0.05, 0) is 25.3 Å². The van der Waals surface area contributed by atoms with Gasteiger partial charge in [-0.3, -0.25) is 4.79 Å². The van der Waals surface area contributed by atoms with E-state index in [9.17, 15) is 9.90 Å². The fourth-order valence-corrected chi connectivity index (χ4v) is 2.94. The summed E-state index contributed by atoms with van der Waals surface area (Å²) in [6.45, 7) is 9.02. The van der Waals surface area contributed by atoms with E-state index in [0.717, 1.165) is 26.1 Å². The summed E-state index contributed by atoms with van der Waals surface area (Å²) in [5, 5.41) is 9.93. The molecule has 0 saturated carbocycles. The molecule has 1 saturated heterocycles. The SMILES string of the molecule is COCCOCCN(C)CCC(=O)N1CCC(O)CC(C)(C)C1. The lowest BCUT2D eigenvalue weighted by molar-refractivity contribution is -0.132. The molecule has 6 heteroatoms. The number of aliphatic hydroxyl groups excluding tert-OH is 1. The van der Waals surface area contributed by atoms with Gasteiger partial charge in [-0.15, -0.1) is 0 Å². The van der Waals surface area contributed by atoms with Crippen LogP contribution in [-0.2, 0) is 14.3 Å². The predicted octanol–water partition coefficient (Wildman–Crippen LogP) is 0.981. The Morgan fingerprint density at radius 2 is 2.04 bits per heavy atom. The second-order valence-electron chi connectivity index (χ2n) is 7.28.